The number of likely N-dealkylation sites (tertiary alicyclic amines) is 1. The molecule has 2 atom stereocenters. The monoisotopic (exact) mass is 450 g/mol. The van der Waals surface area contributed by atoms with E-state index in [0.717, 1.165) is 22.3 Å². The van der Waals surface area contributed by atoms with Gasteiger partial charge in [0.25, 0.3) is 0 Å². The van der Waals surface area contributed by atoms with E-state index >= 15 is 0 Å². The number of alkyl carbamates (subject to hydrolysis) is 1. The number of amides is 2. The van der Waals surface area contributed by atoms with E-state index in [2.05, 4.69) is 29.6 Å². The molecule has 2 aromatic carbocycles. The summed E-state index contributed by atoms with van der Waals surface area (Å²) in [6.07, 6.45) is -0.239. The van der Waals surface area contributed by atoms with Crippen molar-refractivity contribution >= 4 is 18.0 Å². The second-order valence-corrected chi connectivity index (χ2v) is 9.23. The molecule has 7 nitrogen and oxygen atoms in total. The zero-order valence-electron chi connectivity index (χ0n) is 19.2. The third-order valence-electron chi connectivity index (χ3n) is 7.19. The molecule has 1 aliphatic heterocycles. The van der Waals surface area contributed by atoms with E-state index in [4.69, 9.17) is 9.84 Å². The zero-order chi connectivity index (χ0) is 23.8. The minimum Gasteiger partial charge on any atom is -0.481 e. The number of benzene rings is 2. The first kappa shape index (κ1) is 22.8. The molecule has 2 unspecified atom stereocenters. The molecule has 1 aliphatic carbocycles. The molecule has 2 aromatic rings. The van der Waals surface area contributed by atoms with E-state index in [9.17, 15) is 14.4 Å². The minimum absolute atomic E-state index is 0.0552. The van der Waals surface area contributed by atoms with E-state index < -0.39 is 23.5 Å². The Morgan fingerprint density at radius 2 is 1.64 bits per heavy atom. The molecular formula is C26H30N2O5. The van der Waals surface area contributed by atoms with Crippen LogP contribution in [0, 0.1) is 11.8 Å². The number of carbonyl (C=O) groups is 3. The van der Waals surface area contributed by atoms with Gasteiger partial charge in [-0.2, -0.15) is 0 Å². The molecule has 1 saturated heterocycles. The fourth-order valence-corrected chi connectivity index (χ4v) is 4.70. The summed E-state index contributed by atoms with van der Waals surface area (Å²) in [5.74, 6) is -1.70. The number of nitrogens with zero attached hydrogens (tertiary/aromatic N) is 1. The van der Waals surface area contributed by atoms with Gasteiger partial charge in [0.2, 0.25) is 5.91 Å². The normalized spacial score (nSPS) is 17.8. The maximum atomic E-state index is 13.0. The molecule has 4 rings (SSSR count). The molecule has 0 aromatic heterocycles. The fraction of sp³-hybridized carbons (Fsp3) is 0.423. The van der Waals surface area contributed by atoms with Crippen molar-refractivity contribution in [1.82, 2.24) is 10.2 Å². The maximum absolute atomic E-state index is 13.0. The molecule has 1 heterocycles. The Balaban J connectivity index is 1.38. The molecule has 2 N–H and O–H groups in total. The molecule has 7 heteroatoms. The van der Waals surface area contributed by atoms with Crippen molar-refractivity contribution in [3.05, 3.63) is 59.7 Å². The van der Waals surface area contributed by atoms with E-state index in [0.29, 0.717) is 19.5 Å². The highest BCUT2D eigenvalue weighted by atomic mass is 16.5. The SMILES string of the molecule is CCC(C)(NC(=O)OCC1c2ccccc2-c2ccccc21)C(=O)N1CC(C(C)C(=O)O)C1. The first-order valence-electron chi connectivity index (χ1n) is 11.4. The van der Waals surface area contributed by atoms with Gasteiger partial charge < -0.3 is 20.1 Å². The van der Waals surface area contributed by atoms with Crippen LogP contribution >= 0.6 is 0 Å². The number of fused-ring (bicyclic) bond motifs is 3. The van der Waals surface area contributed by atoms with Crippen LogP contribution in [0.25, 0.3) is 11.1 Å². The number of carboxylic acid groups (broad SMARTS) is 1. The summed E-state index contributed by atoms with van der Waals surface area (Å²) in [6, 6.07) is 16.2. The van der Waals surface area contributed by atoms with Crippen molar-refractivity contribution in [1.29, 1.82) is 0 Å². The van der Waals surface area contributed by atoms with Gasteiger partial charge in [-0.05, 0) is 35.6 Å². The Morgan fingerprint density at radius 3 is 2.15 bits per heavy atom. The van der Waals surface area contributed by atoms with Crippen molar-refractivity contribution in [2.24, 2.45) is 11.8 Å². The Morgan fingerprint density at radius 1 is 1.09 bits per heavy atom. The van der Waals surface area contributed by atoms with Gasteiger partial charge in [-0.25, -0.2) is 4.79 Å². The third kappa shape index (κ3) is 4.19. The van der Waals surface area contributed by atoms with Crippen LogP contribution in [-0.4, -0.2) is 53.2 Å². The molecule has 1 fully saturated rings. The highest BCUT2D eigenvalue weighted by Gasteiger charge is 2.44. The zero-order valence-corrected chi connectivity index (χ0v) is 19.2. The van der Waals surface area contributed by atoms with Crippen molar-refractivity contribution in [2.45, 2.75) is 38.6 Å². The Labute approximate surface area is 193 Å². The molecule has 174 valence electrons. The lowest BCUT2D eigenvalue weighted by molar-refractivity contribution is -0.153. The van der Waals surface area contributed by atoms with Gasteiger partial charge in [0.05, 0.1) is 5.92 Å². The van der Waals surface area contributed by atoms with Gasteiger partial charge in [-0.3, -0.25) is 9.59 Å². The van der Waals surface area contributed by atoms with Crippen LogP contribution in [0.1, 0.15) is 44.2 Å². The number of hydrogen-bond acceptors (Lipinski definition) is 4. The van der Waals surface area contributed by atoms with Crippen molar-refractivity contribution in [3.8, 4) is 11.1 Å². The van der Waals surface area contributed by atoms with Crippen molar-refractivity contribution in [2.75, 3.05) is 19.7 Å². The highest BCUT2D eigenvalue weighted by molar-refractivity contribution is 5.90. The van der Waals surface area contributed by atoms with Crippen LogP contribution in [0.3, 0.4) is 0 Å². The van der Waals surface area contributed by atoms with E-state index in [1.165, 1.54) is 0 Å². The number of carboxylic acids is 1. The average molecular weight is 451 g/mol. The quantitative estimate of drug-likeness (QED) is 0.668. The number of nitrogens with one attached hydrogen (secondary N) is 1. The summed E-state index contributed by atoms with van der Waals surface area (Å²) in [6.45, 7) is 6.12. The average Bonchev–Trinajstić information content (AvgIpc) is 3.10. The highest BCUT2D eigenvalue weighted by Crippen LogP contribution is 2.44. The van der Waals surface area contributed by atoms with Crippen LogP contribution in [0.5, 0.6) is 0 Å². The molecule has 0 bridgehead atoms. The summed E-state index contributed by atoms with van der Waals surface area (Å²) in [4.78, 5) is 38.5. The Kier molecular flexibility index (Phi) is 6.15. The fourth-order valence-electron chi connectivity index (χ4n) is 4.70. The van der Waals surface area contributed by atoms with Crippen LogP contribution in [0.4, 0.5) is 4.79 Å². The molecule has 0 spiro atoms. The number of ether oxygens (including phenoxy) is 1. The molecule has 33 heavy (non-hydrogen) atoms. The summed E-state index contributed by atoms with van der Waals surface area (Å²) >= 11 is 0. The van der Waals surface area contributed by atoms with Crippen LogP contribution in [0.15, 0.2) is 48.5 Å². The third-order valence-corrected chi connectivity index (χ3v) is 7.19. The van der Waals surface area contributed by atoms with E-state index in [1.54, 1.807) is 18.7 Å². The van der Waals surface area contributed by atoms with Gasteiger partial charge in [0, 0.05) is 24.9 Å². The van der Waals surface area contributed by atoms with Crippen molar-refractivity contribution in [3.63, 3.8) is 0 Å². The molecule has 0 saturated carbocycles. The number of rotatable bonds is 7. The molecule has 2 aliphatic rings. The van der Waals surface area contributed by atoms with Gasteiger partial charge in [0.15, 0.2) is 0 Å². The summed E-state index contributed by atoms with van der Waals surface area (Å²) < 4.78 is 5.61. The first-order chi connectivity index (χ1) is 15.7. The van der Waals surface area contributed by atoms with Gasteiger partial charge in [0.1, 0.15) is 12.1 Å². The van der Waals surface area contributed by atoms with E-state index in [1.807, 2.05) is 31.2 Å². The van der Waals surface area contributed by atoms with Crippen molar-refractivity contribution < 1.29 is 24.2 Å². The standard InChI is InChI=1S/C26H30N2O5/c1-4-26(3,24(31)28-13-17(14-28)16(2)23(29)30)27-25(32)33-15-22-20-11-7-5-9-18(20)19-10-6-8-12-21(19)22/h5-12,16-17,22H,4,13-15H2,1-3H3,(H,27,32)(H,29,30). The van der Waals surface area contributed by atoms with Crippen LogP contribution in [0.2, 0.25) is 0 Å². The van der Waals surface area contributed by atoms with Gasteiger partial charge in [-0.15, -0.1) is 0 Å². The Hall–Kier alpha value is -3.35. The predicted molar refractivity (Wildman–Crippen MR) is 124 cm³/mol. The Bertz CT molecular complexity index is 1030. The second kappa shape index (κ2) is 8.89. The summed E-state index contributed by atoms with van der Waals surface area (Å²) in [5.41, 5.74) is 3.44. The molecule has 0 radical (unpaired) electrons. The topological polar surface area (TPSA) is 95.9 Å². The maximum Gasteiger partial charge on any atom is 0.408 e. The van der Waals surface area contributed by atoms with Crippen LogP contribution < -0.4 is 5.32 Å². The van der Waals surface area contributed by atoms with Crippen LogP contribution in [-0.2, 0) is 14.3 Å². The lowest BCUT2D eigenvalue weighted by Crippen LogP contribution is -2.63. The largest absolute Gasteiger partial charge is 0.481 e. The number of aliphatic carboxylic acids is 1. The summed E-state index contributed by atoms with van der Waals surface area (Å²) in [7, 11) is 0. The number of carbonyl (C=O) groups excluding carboxylic acids is 2. The van der Waals surface area contributed by atoms with Gasteiger partial charge in [-0.1, -0.05) is 62.4 Å². The second-order valence-electron chi connectivity index (χ2n) is 9.23. The minimum atomic E-state index is -1.11. The number of hydrogen-bond donors (Lipinski definition) is 2. The first-order valence-corrected chi connectivity index (χ1v) is 11.4. The lowest BCUT2D eigenvalue weighted by atomic mass is 9.85. The smallest absolute Gasteiger partial charge is 0.408 e. The lowest BCUT2D eigenvalue weighted by Gasteiger charge is -2.45. The van der Waals surface area contributed by atoms with E-state index in [-0.39, 0.29) is 24.3 Å². The molecular weight excluding hydrogens is 420 g/mol. The van der Waals surface area contributed by atoms with Gasteiger partial charge >= 0.3 is 12.1 Å². The predicted octanol–water partition coefficient (Wildman–Crippen LogP) is 3.87. The molecule has 2 amide bonds. The summed E-state index contributed by atoms with van der Waals surface area (Å²) in [5, 5.41) is 11.9.